The highest BCUT2D eigenvalue weighted by molar-refractivity contribution is 5.89. The summed E-state index contributed by atoms with van der Waals surface area (Å²) in [5, 5.41) is 15.1. The highest BCUT2D eigenvalue weighted by Crippen LogP contribution is 2.23. The van der Waals surface area contributed by atoms with E-state index < -0.39 is 0 Å². The van der Waals surface area contributed by atoms with Crippen LogP contribution in [0.3, 0.4) is 0 Å². The van der Waals surface area contributed by atoms with Gasteiger partial charge in [0.15, 0.2) is 0 Å². The number of carbonyl (C=O) groups excluding carboxylic acids is 1. The van der Waals surface area contributed by atoms with Crippen molar-refractivity contribution in [1.82, 2.24) is 5.32 Å². The number of nitrogens with one attached hydrogen (secondary N) is 2. The van der Waals surface area contributed by atoms with Gasteiger partial charge in [0.1, 0.15) is 5.75 Å². The minimum absolute atomic E-state index is 0.116. The maximum atomic E-state index is 11.9. The predicted octanol–water partition coefficient (Wildman–Crippen LogP) is 2.64. The molecule has 0 unspecified atom stereocenters. The number of urea groups is 1. The Labute approximate surface area is 119 Å². The Bertz CT molecular complexity index is 456. The van der Waals surface area contributed by atoms with Gasteiger partial charge in [-0.1, -0.05) is 12.8 Å². The van der Waals surface area contributed by atoms with Crippen molar-refractivity contribution >= 4 is 11.7 Å². The number of benzene rings is 1. The summed E-state index contributed by atoms with van der Waals surface area (Å²) in [6, 6.07) is 5.37. The minimum Gasteiger partial charge on any atom is -0.494 e. The zero-order valence-corrected chi connectivity index (χ0v) is 11.8. The summed E-state index contributed by atoms with van der Waals surface area (Å²) in [5.41, 5.74) is 1.33. The van der Waals surface area contributed by atoms with Gasteiger partial charge in [0.05, 0.1) is 13.2 Å². The molecule has 0 aromatic heterocycles. The molecule has 2 amide bonds. The standard InChI is InChI=1S/C15H22N2O3/c1-2-20-14-8-7-13(9-11(14)10-18)17-15(19)16-12-5-3-4-6-12/h7-9,12,18H,2-6,10H2,1H3,(H2,16,17,19). The van der Waals surface area contributed by atoms with Crippen molar-refractivity contribution in [3.05, 3.63) is 23.8 Å². The average molecular weight is 278 g/mol. The third-order valence-corrected chi connectivity index (χ3v) is 3.48. The largest absolute Gasteiger partial charge is 0.494 e. The first-order chi connectivity index (χ1) is 9.72. The van der Waals surface area contributed by atoms with Crippen LogP contribution in [0.4, 0.5) is 10.5 Å². The van der Waals surface area contributed by atoms with Gasteiger partial charge in [0.25, 0.3) is 0 Å². The van der Waals surface area contributed by atoms with Crippen LogP contribution in [0.5, 0.6) is 5.75 Å². The second-order valence-corrected chi connectivity index (χ2v) is 4.99. The maximum Gasteiger partial charge on any atom is 0.319 e. The maximum absolute atomic E-state index is 11.9. The molecule has 5 heteroatoms. The molecule has 1 aliphatic rings. The van der Waals surface area contributed by atoms with E-state index in [0.29, 0.717) is 23.6 Å². The fourth-order valence-corrected chi connectivity index (χ4v) is 2.50. The van der Waals surface area contributed by atoms with E-state index in [9.17, 15) is 9.90 Å². The van der Waals surface area contributed by atoms with Crippen LogP contribution in [0, 0.1) is 0 Å². The smallest absolute Gasteiger partial charge is 0.319 e. The van der Waals surface area contributed by atoms with E-state index in [-0.39, 0.29) is 18.7 Å². The summed E-state index contributed by atoms with van der Waals surface area (Å²) in [6.07, 6.45) is 4.47. The zero-order chi connectivity index (χ0) is 14.4. The molecule has 1 aromatic rings. The zero-order valence-electron chi connectivity index (χ0n) is 11.8. The lowest BCUT2D eigenvalue weighted by molar-refractivity contribution is 0.248. The normalized spacial score (nSPS) is 15.1. The second-order valence-electron chi connectivity index (χ2n) is 4.99. The lowest BCUT2D eigenvalue weighted by Crippen LogP contribution is -2.36. The number of aliphatic hydroxyl groups is 1. The first-order valence-electron chi connectivity index (χ1n) is 7.17. The number of ether oxygens (including phenoxy) is 1. The summed E-state index contributed by atoms with van der Waals surface area (Å²) in [6.45, 7) is 2.32. The number of aliphatic hydroxyl groups excluding tert-OH is 1. The molecule has 20 heavy (non-hydrogen) atoms. The Hall–Kier alpha value is -1.75. The molecule has 0 heterocycles. The number of hydrogen-bond donors (Lipinski definition) is 3. The van der Waals surface area contributed by atoms with Crippen LogP contribution < -0.4 is 15.4 Å². The molecule has 0 atom stereocenters. The summed E-state index contributed by atoms with van der Waals surface area (Å²) in [5.74, 6) is 0.650. The van der Waals surface area contributed by atoms with Gasteiger partial charge in [0, 0.05) is 17.3 Å². The molecule has 1 aromatic carbocycles. The third-order valence-electron chi connectivity index (χ3n) is 3.48. The van der Waals surface area contributed by atoms with Crippen molar-refractivity contribution in [1.29, 1.82) is 0 Å². The van der Waals surface area contributed by atoms with Gasteiger partial charge >= 0.3 is 6.03 Å². The van der Waals surface area contributed by atoms with E-state index in [0.717, 1.165) is 12.8 Å². The van der Waals surface area contributed by atoms with Crippen molar-refractivity contribution in [2.75, 3.05) is 11.9 Å². The van der Waals surface area contributed by atoms with Crippen LogP contribution in [-0.2, 0) is 6.61 Å². The lowest BCUT2D eigenvalue weighted by atomic mass is 10.2. The fourth-order valence-electron chi connectivity index (χ4n) is 2.50. The van der Waals surface area contributed by atoms with Crippen LogP contribution in [0.2, 0.25) is 0 Å². The van der Waals surface area contributed by atoms with E-state index in [1.54, 1.807) is 18.2 Å². The van der Waals surface area contributed by atoms with Gasteiger partial charge in [-0.25, -0.2) is 4.79 Å². The number of amides is 2. The number of carbonyl (C=O) groups is 1. The first kappa shape index (κ1) is 14.7. The first-order valence-corrected chi connectivity index (χ1v) is 7.17. The van der Waals surface area contributed by atoms with E-state index in [2.05, 4.69) is 10.6 Å². The Morgan fingerprint density at radius 1 is 1.40 bits per heavy atom. The summed E-state index contributed by atoms with van der Waals surface area (Å²) < 4.78 is 5.41. The van der Waals surface area contributed by atoms with Gasteiger partial charge in [0.2, 0.25) is 0 Å². The number of anilines is 1. The Balaban J connectivity index is 1.96. The van der Waals surface area contributed by atoms with E-state index in [4.69, 9.17) is 4.74 Å². The molecule has 0 spiro atoms. The van der Waals surface area contributed by atoms with Crippen molar-refractivity contribution in [2.24, 2.45) is 0 Å². The Morgan fingerprint density at radius 2 is 2.15 bits per heavy atom. The summed E-state index contributed by atoms with van der Waals surface area (Å²) in [7, 11) is 0. The number of hydrogen-bond acceptors (Lipinski definition) is 3. The second kappa shape index (κ2) is 7.14. The van der Waals surface area contributed by atoms with Crippen LogP contribution in [0.15, 0.2) is 18.2 Å². The average Bonchev–Trinajstić information content (AvgIpc) is 2.93. The van der Waals surface area contributed by atoms with E-state index in [1.807, 2.05) is 6.92 Å². The van der Waals surface area contributed by atoms with Crippen LogP contribution >= 0.6 is 0 Å². The van der Waals surface area contributed by atoms with Gasteiger partial charge in [-0.3, -0.25) is 0 Å². The van der Waals surface area contributed by atoms with E-state index >= 15 is 0 Å². The van der Waals surface area contributed by atoms with Crippen molar-refractivity contribution < 1.29 is 14.6 Å². The molecule has 2 rings (SSSR count). The minimum atomic E-state index is -0.190. The summed E-state index contributed by atoms with van der Waals surface area (Å²) >= 11 is 0. The molecular formula is C15H22N2O3. The molecule has 0 saturated heterocycles. The molecular weight excluding hydrogens is 256 g/mol. The highest BCUT2D eigenvalue weighted by Gasteiger charge is 2.17. The van der Waals surface area contributed by atoms with Crippen molar-refractivity contribution in [3.8, 4) is 5.75 Å². The van der Waals surface area contributed by atoms with Crippen molar-refractivity contribution in [2.45, 2.75) is 45.3 Å². The SMILES string of the molecule is CCOc1ccc(NC(=O)NC2CCCC2)cc1CO. The molecule has 1 fully saturated rings. The Kier molecular flexibility index (Phi) is 5.24. The molecule has 0 radical (unpaired) electrons. The molecule has 5 nitrogen and oxygen atoms in total. The van der Waals surface area contributed by atoms with Gasteiger partial charge in [-0.05, 0) is 38.0 Å². The molecule has 110 valence electrons. The van der Waals surface area contributed by atoms with Crippen LogP contribution in [-0.4, -0.2) is 23.8 Å². The highest BCUT2D eigenvalue weighted by atomic mass is 16.5. The monoisotopic (exact) mass is 278 g/mol. The van der Waals surface area contributed by atoms with Gasteiger partial charge in [-0.2, -0.15) is 0 Å². The molecule has 3 N–H and O–H groups in total. The van der Waals surface area contributed by atoms with E-state index in [1.165, 1.54) is 12.8 Å². The van der Waals surface area contributed by atoms with Crippen molar-refractivity contribution in [3.63, 3.8) is 0 Å². The van der Waals surface area contributed by atoms with Crippen LogP contribution in [0.25, 0.3) is 0 Å². The van der Waals surface area contributed by atoms with Gasteiger partial charge in [-0.15, -0.1) is 0 Å². The lowest BCUT2D eigenvalue weighted by Gasteiger charge is -2.14. The van der Waals surface area contributed by atoms with Crippen LogP contribution in [0.1, 0.15) is 38.2 Å². The molecule has 1 saturated carbocycles. The fraction of sp³-hybridized carbons (Fsp3) is 0.533. The number of rotatable bonds is 5. The quantitative estimate of drug-likeness (QED) is 0.775. The molecule has 1 aliphatic carbocycles. The molecule has 0 bridgehead atoms. The molecule has 0 aliphatic heterocycles. The Morgan fingerprint density at radius 3 is 2.80 bits per heavy atom. The predicted molar refractivity (Wildman–Crippen MR) is 77.9 cm³/mol. The topological polar surface area (TPSA) is 70.6 Å². The van der Waals surface area contributed by atoms with Gasteiger partial charge < -0.3 is 20.5 Å². The third kappa shape index (κ3) is 3.87. The summed E-state index contributed by atoms with van der Waals surface area (Å²) in [4.78, 5) is 11.9.